The largest absolute Gasteiger partial charge is 0.507 e. The van der Waals surface area contributed by atoms with Crippen molar-refractivity contribution in [3.63, 3.8) is 0 Å². The number of ether oxygens (including phenoxy) is 2. The third-order valence-corrected chi connectivity index (χ3v) is 4.63. The molecule has 0 spiro atoms. The van der Waals surface area contributed by atoms with E-state index in [-0.39, 0.29) is 29.0 Å². The molecule has 0 atom stereocenters. The Hall–Kier alpha value is -2.93. The van der Waals surface area contributed by atoms with Crippen LogP contribution in [0, 0.1) is 0 Å². The number of methoxy groups -OCH3 is 1. The maximum atomic E-state index is 12.5. The van der Waals surface area contributed by atoms with E-state index in [0.717, 1.165) is 16.7 Å². The number of amides is 2. The van der Waals surface area contributed by atoms with Gasteiger partial charge in [0.05, 0.1) is 18.6 Å². The smallest absolute Gasteiger partial charge is 0.293 e. The zero-order chi connectivity index (χ0) is 18.5. The number of nitrogens with zero attached hydrogens (tertiary/aromatic N) is 1. The number of carbonyl (C=O) groups is 2. The molecule has 0 radical (unpaired) electrons. The molecule has 0 aliphatic carbocycles. The molecule has 1 aliphatic heterocycles. The highest BCUT2D eigenvalue weighted by atomic mass is 32.2. The van der Waals surface area contributed by atoms with E-state index < -0.39 is 5.91 Å². The average Bonchev–Trinajstić information content (AvgIpc) is 2.92. The molecule has 134 valence electrons. The monoisotopic (exact) mass is 371 g/mol. The van der Waals surface area contributed by atoms with Crippen LogP contribution in [-0.4, -0.2) is 41.4 Å². The first kappa shape index (κ1) is 17.9. The van der Waals surface area contributed by atoms with Crippen LogP contribution in [0.2, 0.25) is 0 Å². The molecule has 0 unspecified atom stereocenters. The Morgan fingerprint density at radius 3 is 2.62 bits per heavy atom. The number of phenols is 1. The summed E-state index contributed by atoms with van der Waals surface area (Å²) in [6.07, 6.45) is 1.49. The van der Waals surface area contributed by atoms with Crippen LogP contribution in [0.15, 0.2) is 53.4 Å². The topological polar surface area (TPSA) is 76.1 Å². The van der Waals surface area contributed by atoms with Gasteiger partial charge in [0.25, 0.3) is 11.1 Å². The van der Waals surface area contributed by atoms with Crippen molar-refractivity contribution < 1.29 is 24.2 Å². The molecule has 26 heavy (non-hydrogen) atoms. The molecule has 2 aromatic carbocycles. The summed E-state index contributed by atoms with van der Waals surface area (Å²) in [5.74, 6) is 0.824. The van der Waals surface area contributed by atoms with Crippen molar-refractivity contribution in [2.24, 2.45) is 0 Å². The van der Waals surface area contributed by atoms with Gasteiger partial charge in [-0.1, -0.05) is 18.2 Å². The van der Waals surface area contributed by atoms with Crippen molar-refractivity contribution in [2.75, 3.05) is 20.3 Å². The predicted molar refractivity (Wildman–Crippen MR) is 99.3 cm³/mol. The maximum absolute atomic E-state index is 12.5. The first-order chi connectivity index (χ1) is 12.6. The van der Waals surface area contributed by atoms with Crippen molar-refractivity contribution in [3.8, 4) is 17.2 Å². The van der Waals surface area contributed by atoms with Crippen molar-refractivity contribution in [3.05, 3.63) is 59.0 Å². The van der Waals surface area contributed by atoms with E-state index in [9.17, 15) is 14.7 Å². The minimum Gasteiger partial charge on any atom is -0.507 e. The Bertz CT molecular complexity index is 850. The summed E-state index contributed by atoms with van der Waals surface area (Å²) < 4.78 is 10.6. The first-order valence-corrected chi connectivity index (χ1v) is 8.70. The second kappa shape index (κ2) is 7.97. The van der Waals surface area contributed by atoms with Gasteiger partial charge in [-0.05, 0) is 48.2 Å². The summed E-state index contributed by atoms with van der Waals surface area (Å²) >= 11 is 0.836. The highest BCUT2D eigenvalue weighted by Gasteiger charge is 2.35. The van der Waals surface area contributed by atoms with Gasteiger partial charge in [0.15, 0.2) is 0 Å². The highest BCUT2D eigenvalue weighted by molar-refractivity contribution is 8.18. The van der Waals surface area contributed by atoms with Crippen molar-refractivity contribution >= 4 is 29.0 Å². The number of thioether (sulfide) groups is 1. The predicted octanol–water partition coefficient (Wildman–Crippen LogP) is 3.52. The summed E-state index contributed by atoms with van der Waals surface area (Å²) in [5.41, 5.74) is 0.412. The number of hydrogen-bond acceptors (Lipinski definition) is 6. The minimum atomic E-state index is -0.404. The quantitative estimate of drug-likeness (QED) is 0.783. The van der Waals surface area contributed by atoms with Gasteiger partial charge in [-0.3, -0.25) is 14.5 Å². The second-order valence-corrected chi connectivity index (χ2v) is 6.41. The normalized spacial score (nSPS) is 15.6. The van der Waals surface area contributed by atoms with Crippen LogP contribution in [0.3, 0.4) is 0 Å². The lowest BCUT2D eigenvalue weighted by molar-refractivity contribution is -0.123. The number of aromatic hydroxyl groups is 1. The number of benzene rings is 2. The van der Waals surface area contributed by atoms with Crippen LogP contribution in [-0.2, 0) is 4.79 Å². The molecule has 0 aromatic heterocycles. The fourth-order valence-electron chi connectivity index (χ4n) is 2.38. The van der Waals surface area contributed by atoms with Gasteiger partial charge in [-0.25, -0.2) is 0 Å². The third-order valence-electron chi connectivity index (χ3n) is 3.72. The van der Waals surface area contributed by atoms with E-state index in [1.54, 1.807) is 24.3 Å². The summed E-state index contributed by atoms with van der Waals surface area (Å²) in [6, 6.07) is 13.9. The Morgan fingerprint density at radius 2 is 1.88 bits per heavy atom. The van der Waals surface area contributed by atoms with Crippen LogP contribution < -0.4 is 9.47 Å². The lowest BCUT2D eigenvalue weighted by atomic mass is 10.1. The standard InChI is InChI=1S/C19H17NO5S/c1-24-15-7-8-16(21)13(11-15)12-17-18(22)20(19(23)26-17)9-10-25-14-5-3-2-4-6-14/h2-8,11-12,21H,9-10H2,1H3/b17-12-. The van der Waals surface area contributed by atoms with Crippen LogP contribution >= 0.6 is 11.8 Å². The minimum absolute atomic E-state index is 0.00464. The van der Waals surface area contributed by atoms with Gasteiger partial charge in [0, 0.05) is 5.56 Å². The van der Waals surface area contributed by atoms with E-state index >= 15 is 0 Å². The molecule has 1 N–H and O–H groups in total. The Balaban J connectivity index is 1.68. The van der Waals surface area contributed by atoms with E-state index in [0.29, 0.717) is 17.1 Å². The van der Waals surface area contributed by atoms with Gasteiger partial charge >= 0.3 is 0 Å². The fraction of sp³-hybridized carbons (Fsp3) is 0.158. The number of imide groups is 1. The van der Waals surface area contributed by atoms with Gasteiger partial charge in [0.2, 0.25) is 0 Å². The summed E-state index contributed by atoms with van der Waals surface area (Å²) in [6.45, 7) is 0.362. The summed E-state index contributed by atoms with van der Waals surface area (Å²) in [4.78, 5) is 26.0. The average molecular weight is 371 g/mol. The highest BCUT2D eigenvalue weighted by Crippen LogP contribution is 2.34. The maximum Gasteiger partial charge on any atom is 0.293 e. The van der Waals surface area contributed by atoms with Crippen LogP contribution in [0.1, 0.15) is 5.56 Å². The van der Waals surface area contributed by atoms with E-state index in [4.69, 9.17) is 9.47 Å². The SMILES string of the molecule is COc1ccc(O)c(/C=C2\SC(=O)N(CCOc3ccccc3)C2=O)c1. The first-order valence-electron chi connectivity index (χ1n) is 7.88. The molecule has 2 amide bonds. The van der Waals surface area contributed by atoms with Crippen LogP contribution in [0.25, 0.3) is 6.08 Å². The van der Waals surface area contributed by atoms with Crippen molar-refractivity contribution in [2.45, 2.75) is 0 Å². The molecule has 0 bridgehead atoms. The molecule has 7 heteroatoms. The van der Waals surface area contributed by atoms with E-state index in [2.05, 4.69) is 0 Å². The van der Waals surface area contributed by atoms with Crippen LogP contribution in [0.4, 0.5) is 4.79 Å². The number of rotatable bonds is 6. The third kappa shape index (κ3) is 4.00. The number of phenolic OH excluding ortho intramolecular Hbond substituents is 1. The van der Waals surface area contributed by atoms with Crippen molar-refractivity contribution in [1.82, 2.24) is 4.90 Å². The molecule has 6 nitrogen and oxygen atoms in total. The molecular weight excluding hydrogens is 354 g/mol. The van der Waals surface area contributed by atoms with Gasteiger partial charge in [-0.15, -0.1) is 0 Å². The number of hydrogen-bond donors (Lipinski definition) is 1. The van der Waals surface area contributed by atoms with Crippen molar-refractivity contribution in [1.29, 1.82) is 0 Å². The van der Waals surface area contributed by atoms with E-state index in [1.807, 2.05) is 18.2 Å². The Labute approximate surface area is 155 Å². The molecule has 0 saturated carbocycles. The molecule has 1 heterocycles. The van der Waals surface area contributed by atoms with Gasteiger partial charge in [0.1, 0.15) is 23.9 Å². The summed E-state index contributed by atoms with van der Waals surface area (Å²) in [7, 11) is 1.51. The Kier molecular flexibility index (Phi) is 5.48. The molecule has 3 rings (SSSR count). The molecule has 1 fully saturated rings. The molecule has 2 aromatic rings. The fourth-order valence-corrected chi connectivity index (χ4v) is 3.24. The van der Waals surface area contributed by atoms with Gasteiger partial charge in [-0.2, -0.15) is 0 Å². The lowest BCUT2D eigenvalue weighted by Gasteiger charge is -2.13. The van der Waals surface area contributed by atoms with E-state index in [1.165, 1.54) is 19.3 Å². The Morgan fingerprint density at radius 1 is 1.12 bits per heavy atom. The molecule has 1 aliphatic rings. The lowest BCUT2D eigenvalue weighted by Crippen LogP contribution is -2.32. The van der Waals surface area contributed by atoms with Crippen LogP contribution in [0.5, 0.6) is 17.2 Å². The molecular formula is C19H17NO5S. The number of para-hydroxylation sites is 1. The number of carbonyl (C=O) groups excluding carboxylic acids is 2. The zero-order valence-electron chi connectivity index (χ0n) is 14.0. The summed E-state index contributed by atoms with van der Waals surface area (Å²) in [5, 5.41) is 9.58. The molecule has 1 saturated heterocycles. The van der Waals surface area contributed by atoms with Gasteiger partial charge < -0.3 is 14.6 Å². The second-order valence-electron chi connectivity index (χ2n) is 5.42. The zero-order valence-corrected chi connectivity index (χ0v) is 14.9.